The molecule has 1 rings (SSSR count). The van der Waals surface area contributed by atoms with E-state index < -0.39 is 0 Å². The molecule has 0 bridgehead atoms. The molecule has 0 amide bonds. The molecule has 3 nitrogen and oxygen atoms in total. The van der Waals surface area contributed by atoms with Gasteiger partial charge in [-0.2, -0.15) is 0 Å². The Kier molecular flexibility index (Phi) is 5.42. The third-order valence-corrected chi connectivity index (χ3v) is 3.93. The van der Waals surface area contributed by atoms with Gasteiger partial charge < -0.3 is 15.3 Å². The molecule has 0 aromatic heterocycles. The van der Waals surface area contributed by atoms with Gasteiger partial charge in [-0.3, -0.25) is 0 Å². The van der Waals surface area contributed by atoms with E-state index in [-0.39, 0.29) is 12.1 Å². The van der Waals surface area contributed by atoms with E-state index in [2.05, 4.69) is 37.9 Å². The first-order valence-electron chi connectivity index (χ1n) is 6.99. The highest BCUT2D eigenvalue weighted by atomic mass is 16.3. The lowest BCUT2D eigenvalue weighted by atomic mass is 9.82. The zero-order valence-corrected chi connectivity index (χ0v) is 12.1. The molecule has 1 unspecified atom stereocenters. The first-order valence-corrected chi connectivity index (χ1v) is 6.99. The normalized spacial score (nSPS) is 24.5. The van der Waals surface area contributed by atoms with Gasteiger partial charge in [0.1, 0.15) is 0 Å². The molecule has 1 aliphatic heterocycles. The first kappa shape index (κ1) is 14.9. The highest BCUT2D eigenvalue weighted by Crippen LogP contribution is 2.30. The quantitative estimate of drug-likeness (QED) is 0.746. The van der Waals surface area contributed by atoms with Crippen molar-refractivity contribution in [3.8, 4) is 0 Å². The summed E-state index contributed by atoms with van der Waals surface area (Å²) < 4.78 is 0. The Morgan fingerprint density at radius 1 is 1.29 bits per heavy atom. The van der Waals surface area contributed by atoms with E-state index in [1.807, 2.05) is 0 Å². The lowest BCUT2D eigenvalue weighted by Crippen LogP contribution is -2.55. The average molecular weight is 242 g/mol. The molecule has 3 heteroatoms. The van der Waals surface area contributed by atoms with E-state index in [1.165, 1.54) is 12.8 Å². The van der Waals surface area contributed by atoms with Crippen LogP contribution in [0.4, 0.5) is 0 Å². The summed E-state index contributed by atoms with van der Waals surface area (Å²) in [5, 5.41) is 13.0. The van der Waals surface area contributed by atoms with Gasteiger partial charge in [0.05, 0.1) is 12.1 Å². The van der Waals surface area contributed by atoms with Gasteiger partial charge in [-0.25, -0.2) is 0 Å². The minimum absolute atomic E-state index is 0.141. The van der Waals surface area contributed by atoms with Gasteiger partial charge in [0.25, 0.3) is 0 Å². The maximum atomic E-state index is 9.56. The van der Waals surface area contributed by atoms with E-state index in [1.54, 1.807) is 0 Å². The summed E-state index contributed by atoms with van der Waals surface area (Å²) >= 11 is 0. The molecule has 0 saturated carbocycles. The summed E-state index contributed by atoms with van der Waals surface area (Å²) in [4.78, 5) is 2.49. The Morgan fingerprint density at radius 3 is 2.35 bits per heavy atom. The Labute approximate surface area is 107 Å². The van der Waals surface area contributed by atoms with Crippen LogP contribution in [0.25, 0.3) is 0 Å². The summed E-state index contributed by atoms with van der Waals surface area (Å²) in [6.07, 6.45) is 3.65. The summed E-state index contributed by atoms with van der Waals surface area (Å²) in [5.41, 5.74) is 0.362. The number of hydrogen-bond donors (Lipinski definition) is 2. The summed E-state index contributed by atoms with van der Waals surface area (Å²) in [6.45, 7) is 13.5. The molecule has 17 heavy (non-hydrogen) atoms. The Morgan fingerprint density at radius 2 is 1.88 bits per heavy atom. The SMILES string of the molecule is CCCNC(C)(CO)CN1CCC(C)(C)CC1. The predicted octanol–water partition coefficient (Wildman–Crippen LogP) is 1.86. The van der Waals surface area contributed by atoms with E-state index in [9.17, 15) is 5.11 Å². The molecule has 1 heterocycles. The van der Waals surface area contributed by atoms with Gasteiger partial charge in [0, 0.05) is 6.54 Å². The molecule has 2 N–H and O–H groups in total. The number of nitrogens with zero attached hydrogens (tertiary/aromatic N) is 1. The average Bonchev–Trinajstić information content (AvgIpc) is 2.30. The molecule has 1 atom stereocenters. The molecular weight excluding hydrogens is 212 g/mol. The number of aliphatic hydroxyl groups excluding tert-OH is 1. The standard InChI is InChI=1S/C14H30N2O/c1-5-8-15-14(4,12-17)11-16-9-6-13(2,3)7-10-16/h15,17H,5-12H2,1-4H3. The molecule has 0 aliphatic carbocycles. The van der Waals surface area contributed by atoms with Crippen molar-refractivity contribution in [1.82, 2.24) is 10.2 Å². The minimum atomic E-state index is -0.141. The smallest absolute Gasteiger partial charge is 0.0623 e. The number of likely N-dealkylation sites (tertiary alicyclic amines) is 1. The van der Waals surface area contributed by atoms with Gasteiger partial charge in [-0.15, -0.1) is 0 Å². The number of rotatable bonds is 6. The van der Waals surface area contributed by atoms with Crippen LogP contribution < -0.4 is 5.32 Å². The minimum Gasteiger partial charge on any atom is -0.394 e. The number of piperidine rings is 1. The van der Waals surface area contributed by atoms with Crippen LogP contribution in [0.3, 0.4) is 0 Å². The Balaban J connectivity index is 2.41. The molecule has 0 aromatic carbocycles. The molecule has 1 saturated heterocycles. The maximum absolute atomic E-state index is 9.56. The summed E-state index contributed by atoms with van der Waals surface area (Å²) in [6, 6.07) is 0. The number of hydrogen-bond acceptors (Lipinski definition) is 3. The van der Waals surface area contributed by atoms with Crippen molar-refractivity contribution in [3.05, 3.63) is 0 Å². The third kappa shape index (κ3) is 4.94. The molecule has 102 valence electrons. The predicted molar refractivity (Wildman–Crippen MR) is 73.2 cm³/mol. The molecule has 0 spiro atoms. The van der Waals surface area contributed by atoms with Crippen LogP contribution in [-0.2, 0) is 0 Å². The lowest BCUT2D eigenvalue weighted by molar-refractivity contribution is 0.0767. The topological polar surface area (TPSA) is 35.5 Å². The maximum Gasteiger partial charge on any atom is 0.0623 e. The summed E-state index contributed by atoms with van der Waals surface area (Å²) in [5.74, 6) is 0. The molecule has 1 aliphatic rings. The fraction of sp³-hybridized carbons (Fsp3) is 1.00. The van der Waals surface area contributed by atoms with Crippen molar-refractivity contribution >= 4 is 0 Å². The highest BCUT2D eigenvalue weighted by Gasteiger charge is 2.30. The van der Waals surface area contributed by atoms with Crippen LogP contribution in [0, 0.1) is 5.41 Å². The monoisotopic (exact) mass is 242 g/mol. The zero-order chi connectivity index (χ0) is 12.9. The molecule has 0 radical (unpaired) electrons. The molecule has 1 fully saturated rings. The first-order chi connectivity index (χ1) is 7.91. The zero-order valence-electron chi connectivity index (χ0n) is 12.1. The van der Waals surface area contributed by atoms with Gasteiger partial charge in [0.15, 0.2) is 0 Å². The van der Waals surface area contributed by atoms with Crippen LogP contribution in [0.2, 0.25) is 0 Å². The van der Waals surface area contributed by atoms with E-state index in [4.69, 9.17) is 0 Å². The van der Waals surface area contributed by atoms with Gasteiger partial charge >= 0.3 is 0 Å². The van der Waals surface area contributed by atoms with Crippen molar-refractivity contribution in [1.29, 1.82) is 0 Å². The van der Waals surface area contributed by atoms with Crippen LogP contribution >= 0.6 is 0 Å². The van der Waals surface area contributed by atoms with E-state index in [0.29, 0.717) is 5.41 Å². The van der Waals surface area contributed by atoms with Crippen LogP contribution in [-0.4, -0.2) is 48.3 Å². The number of aliphatic hydroxyl groups is 1. The lowest BCUT2D eigenvalue weighted by Gasteiger charge is -2.41. The molecular formula is C14H30N2O. The largest absolute Gasteiger partial charge is 0.394 e. The van der Waals surface area contributed by atoms with E-state index >= 15 is 0 Å². The van der Waals surface area contributed by atoms with Gasteiger partial charge in [-0.1, -0.05) is 20.8 Å². The second kappa shape index (κ2) is 6.17. The highest BCUT2D eigenvalue weighted by molar-refractivity contribution is 4.88. The van der Waals surface area contributed by atoms with Gasteiger partial charge in [-0.05, 0) is 51.2 Å². The Hall–Kier alpha value is -0.120. The van der Waals surface area contributed by atoms with Gasteiger partial charge in [0.2, 0.25) is 0 Å². The number of nitrogens with one attached hydrogen (secondary N) is 1. The fourth-order valence-corrected chi connectivity index (χ4v) is 2.40. The molecule has 0 aromatic rings. The van der Waals surface area contributed by atoms with Crippen molar-refractivity contribution in [2.75, 3.05) is 32.8 Å². The van der Waals surface area contributed by atoms with Crippen LogP contribution in [0.5, 0.6) is 0 Å². The van der Waals surface area contributed by atoms with Crippen LogP contribution in [0.15, 0.2) is 0 Å². The van der Waals surface area contributed by atoms with Crippen molar-refractivity contribution < 1.29 is 5.11 Å². The fourth-order valence-electron chi connectivity index (χ4n) is 2.40. The van der Waals surface area contributed by atoms with Crippen molar-refractivity contribution in [2.24, 2.45) is 5.41 Å². The second-order valence-electron chi connectivity index (χ2n) is 6.59. The van der Waals surface area contributed by atoms with E-state index in [0.717, 1.165) is 32.6 Å². The third-order valence-electron chi connectivity index (χ3n) is 3.93. The van der Waals surface area contributed by atoms with Crippen LogP contribution in [0.1, 0.15) is 47.0 Å². The second-order valence-corrected chi connectivity index (χ2v) is 6.59. The summed E-state index contributed by atoms with van der Waals surface area (Å²) in [7, 11) is 0. The van der Waals surface area contributed by atoms with Crippen molar-refractivity contribution in [2.45, 2.75) is 52.5 Å². The Bertz CT molecular complexity index is 220. The van der Waals surface area contributed by atoms with Crippen molar-refractivity contribution in [3.63, 3.8) is 0 Å².